The number of hydrogen-bond acceptors (Lipinski definition) is 4. The molecule has 0 fully saturated rings. The van der Waals surface area contributed by atoms with Crippen LogP contribution in [0, 0.1) is 5.92 Å². The molecule has 2 aromatic rings. The van der Waals surface area contributed by atoms with Gasteiger partial charge in [-0.15, -0.1) is 0 Å². The average molecular weight is 317 g/mol. The van der Waals surface area contributed by atoms with Gasteiger partial charge in [-0.2, -0.15) is 5.10 Å². The van der Waals surface area contributed by atoms with E-state index in [-0.39, 0.29) is 24.3 Å². The molecule has 0 aliphatic carbocycles. The van der Waals surface area contributed by atoms with Crippen LogP contribution in [0.15, 0.2) is 35.3 Å². The number of nitrogens with zero attached hydrogens (tertiary/aromatic N) is 2. The van der Waals surface area contributed by atoms with Crippen molar-refractivity contribution in [3.8, 4) is 0 Å². The van der Waals surface area contributed by atoms with Crippen LogP contribution in [-0.2, 0) is 11.3 Å². The zero-order valence-corrected chi connectivity index (χ0v) is 13.5. The quantitative estimate of drug-likeness (QED) is 0.806. The number of fused-ring (bicyclic) bond motifs is 1. The SMILES string of the molecule is CC(C)CC(O)CNC(=O)CCn1ncc(=O)c2ccccc21. The molecule has 1 aromatic carbocycles. The van der Waals surface area contributed by atoms with Crippen LogP contribution in [0.3, 0.4) is 0 Å². The summed E-state index contributed by atoms with van der Waals surface area (Å²) in [5.74, 6) is 0.246. The molecule has 1 atom stereocenters. The van der Waals surface area contributed by atoms with E-state index >= 15 is 0 Å². The number of rotatable bonds is 7. The number of aryl methyl sites for hydroxylation is 1. The number of benzene rings is 1. The second-order valence-electron chi connectivity index (χ2n) is 6.09. The maximum absolute atomic E-state index is 11.9. The smallest absolute Gasteiger partial charge is 0.221 e. The van der Waals surface area contributed by atoms with Crippen molar-refractivity contribution in [3.63, 3.8) is 0 Å². The highest BCUT2D eigenvalue weighted by Crippen LogP contribution is 2.08. The second-order valence-corrected chi connectivity index (χ2v) is 6.09. The highest BCUT2D eigenvalue weighted by atomic mass is 16.3. The molecule has 0 saturated heterocycles. The van der Waals surface area contributed by atoms with Crippen molar-refractivity contribution in [2.75, 3.05) is 6.54 Å². The first-order chi connectivity index (χ1) is 11.0. The molecule has 23 heavy (non-hydrogen) atoms. The standard InChI is InChI=1S/C17H23N3O3/c1-12(2)9-13(21)10-18-17(23)7-8-20-15-6-4-3-5-14(15)16(22)11-19-20/h3-6,11-13,21H,7-10H2,1-2H3,(H,18,23). The van der Waals surface area contributed by atoms with Crippen LogP contribution in [0.25, 0.3) is 10.9 Å². The third-order valence-electron chi connectivity index (χ3n) is 3.59. The first-order valence-corrected chi connectivity index (χ1v) is 7.87. The maximum atomic E-state index is 11.9. The lowest BCUT2D eigenvalue weighted by Crippen LogP contribution is -2.33. The van der Waals surface area contributed by atoms with E-state index in [2.05, 4.69) is 10.4 Å². The Kier molecular flexibility index (Phi) is 5.87. The van der Waals surface area contributed by atoms with E-state index in [1.165, 1.54) is 6.20 Å². The first kappa shape index (κ1) is 17.1. The lowest BCUT2D eigenvalue weighted by Gasteiger charge is -2.14. The molecular formula is C17H23N3O3. The number of carbonyl (C=O) groups excluding carboxylic acids is 1. The van der Waals surface area contributed by atoms with Crippen molar-refractivity contribution in [3.05, 3.63) is 40.7 Å². The van der Waals surface area contributed by atoms with Crippen molar-refractivity contribution in [2.24, 2.45) is 5.92 Å². The minimum absolute atomic E-state index is 0.127. The molecule has 1 heterocycles. The van der Waals surface area contributed by atoms with Gasteiger partial charge in [-0.1, -0.05) is 26.0 Å². The topological polar surface area (TPSA) is 84.2 Å². The lowest BCUT2D eigenvalue weighted by atomic mass is 10.1. The third-order valence-corrected chi connectivity index (χ3v) is 3.59. The Morgan fingerprint density at radius 1 is 1.35 bits per heavy atom. The van der Waals surface area contributed by atoms with Gasteiger partial charge in [-0.3, -0.25) is 14.3 Å². The Labute approximate surface area is 135 Å². The van der Waals surface area contributed by atoms with Gasteiger partial charge in [-0.05, 0) is 24.5 Å². The number of nitrogens with one attached hydrogen (secondary N) is 1. The maximum Gasteiger partial charge on any atom is 0.221 e. The van der Waals surface area contributed by atoms with Gasteiger partial charge in [0.2, 0.25) is 11.3 Å². The zero-order chi connectivity index (χ0) is 16.8. The van der Waals surface area contributed by atoms with Crippen LogP contribution in [0.4, 0.5) is 0 Å². The molecule has 2 N–H and O–H groups in total. The van der Waals surface area contributed by atoms with E-state index in [1.807, 2.05) is 26.0 Å². The molecule has 0 radical (unpaired) electrons. The molecule has 0 spiro atoms. The molecular weight excluding hydrogens is 294 g/mol. The normalized spacial score (nSPS) is 12.5. The van der Waals surface area contributed by atoms with E-state index in [0.717, 1.165) is 0 Å². The zero-order valence-electron chi connectivity index (χ0n) is 13.5. The Bertz CT molecular complexity index is 724. The van der Waals surface area contributed by atoms with Crippen LogP contribution < -0.4 is 10.7 Å². The van der Waals surface area contributed by atoms with Crippen LogP contribution >= 0.6 is 0 Å². The van der Waals surface area contributed by atoms with Crippen molar-refractivity contribution in [1.82, 2.24) is 15.1 Å². The molecule has 1 amide bonds. The summed E-state index contributed by atoms with van der Waals surface area (Å²) in [6.45, 7) is 4.69. The van der Waals surface area contributed by atoms with E-state index in [4.69, 9.17) is 0 Å². The summed E-state index contributed by atoms with van der Waals surface area (Å²) < 4.78 is 1.65. The minimum Gasteiger partial charge on any atom is -0.391 e. The number of amides is 1. The summed E-state index contributed by atoms with van der Waals surface area (Å²) >= 11 is 0. The van der Waals surface area contributed by atoms with Gasteiger partial charge in [-0.25, -0.2) is 0 Å². The minimum atomic E-state index is -0.523. The van der Waals surface area contributed by atoms with Gasteiger partial charge in [0.25, 0.3) is 0 Å². The van der Waals surface area contributed by atoms with E-state index in [9.17, 15) is 14.7 Å². The summed E-state index contributed by atoms with van der Waals surface area (Å²) in [5.41, 5.74) is 0.589. The predicted molar refractivity (Wildman–Crippen MR) is 89.1 cm³/mol. The van der Waals surface area contributed by atoms with Crippen LogP contribution in [0.2, 0.25) is 0 Å². The fraction of sp³-hybridized carbons (Fsp3) is 0.471. The largest absolute Gasteiger partial charge is 0.391 e. The summed E-state index contributed by atoms with van der Waals surface area (Å²) in [6.07, 6.45) is 1.65. The Balaban J connectivity index is 1.92. The van der Waals surface area contributed by atoms with Gasteiger partial charge >= 0.3 is 0 Å². The molecule has 2 rings (SSSR count). The van der Waals surface area contributed by atoms with Crippen molar-refractivity contribution < 1.29 is 9.90 Å². The van der Waals surface area contributed by atoms with Crippen molar-refractivity contribution in [2.45, 2.75) is 39.3 Å². The highest BCUT2D eigenvalue weighted by molar-refractivity contribution is 5.79. The molecule has 0 aliphatic heterocycles. The fourth-order valence-corrected chi connectivity index (χ4v) is 2.49. The van der Waals surface area contributed by atoms with Crippen molar-refractivity contribution >= 4 is 16.8 Å². The average Bonchev–Trinajstić information content (AvgIpc) is 2.52. The number of aliphatic hydroxyl groups is 1. The van der Waals surface area contributed by atoms with Crippen LogP contribution in [-0.4, -0.2) is 33.4 Å². The van der Waals surface area contributed by atoms with Crippen LogP contribution in [0.5, 0.6) is 0 Å². The monoisotopic (exact) mass is 317 g/mol. The second kappa shape index (κ2) is 7.87. The van der Waals surface area contributed by atoms with E-state index in [1.54, 1.807) is 16.8 Å². The highest BCUT2D eigenvalue weighted by Gasteiger charge is 2.10. The fourth-order valence-electron chi connectivity index (χ4n) is 2.49. The first-order valence-electron chi connectivity index (χ1n) is 7.87. The van der Waals surface area contributed by atoms with Crippen molar-refractivity contribution in [1.29, 1.82) is 0 Å². The molecule has 1 unspecified atom stereocenters. The van der Waals surface area contributed by atoms with Crippen LogP contribution in [0.1, 0.15) is 26.7 Å². The molecule has 0 saturated carbocycles. The Morgan fingerprint density at radius 3 is 2.83 bits per heavy atom. The number of hydrogen-bond donors (Lipinski definition) is 2. The van der Waals surface area contributed by atoms with Gasteiger partial charge in [0.1, 0.15) is 0 Å². The van der Waals surface area contributed by atoms with Gasteiger partial charge < -0.3 is 10.4 Å². The number of carbonyl (C=O) groups is 1. The van der Waals surface area contributed by atoms with Gasteiger partial charge in [0.05, 0.1) is 24.4 Å². The van der Waals surface area contributed by atoms with E-state index in [0.29, 0.717) is 29.8 Å². The molecule has 6 heteroatoms. The Morgan fingerprint density at radius 2 is 2.09 bits per heavy atom. The summed E-state index contributed by atoms with van der Waals surface area (Å²) in [4.78, 5) is 23.6. The third kappa shape index (κ3) is 4.89. The molecule has 0 bridgehead atoms. The van der Waals surface area contributed by atoms with E-state index < -0.39 is 6.10 Å². The molecule has 0 aliphatic rings. The number of aliphatic hydroxyl groups excluding tert-OH is 1. The molecule has 6 nitrogen and oxygen atoms in total. The molecule has 1 aromatic heterocycles. The summed E-state index contributed by atoms with van der Waals surface area (Å²) in [5, 5.41) is 17.2. The molecule has 124 valence electrons. The van der Waals surface area contributed by atoms with Gasteiger partial charge in [0.15, 0.2) is 0 Å². The number of para-hydroxylation sites is 1. The lowest BCUT2D eigenvalue weighted by molar-refractivity contribution is -0.121. The Hall–Kier alpha value is -2.21. The predicted octanol–water partition coefficient (Wildman–Crippen LogP) is 1.31. The van der Waals surface area contributed by atoms with Gasteiger partial charge in [0, 0.05) is 18.4 Å². The summed E-state index contributed by atoms with van der Waals surface area (Å²) in [7, 11) is 0. The number of aromatic nitrogens is 2. The summed E-state index contributed by atoms with van der Waals surface area (Å²) in [6, 6.07) is 7.20.